The maximum atomic E-state index is 4.95. The van der Waals surface area contributed by atoms with Crippen LogP contribution in [-0.4, -0.2) is 24.9 Å². The van der Waals surface area contributed by atoms with Crippen LogP contribution < -0.4 is 0 Å². The maximum absolute atomic E-state index is 4.95. The van der Waals surface area contributed by atoms with E-state index >= 15 is 0 Å². The summed E-state index contributed by atoms with van der Waals surface area (Å²) >= 11 is 0. The number of aromatic nitrogens is 5. The standard InChI is InChI=1S/C37H23N5/c1-3-9-27-21-29(16-14-24(27)7-1)35-40-36(30-17-15-25-8-2-4-10-28(25)22-30)42-37(41-35)33-19-18-31(23-39-33)32-13-5-11-26-12-6-20-38-34(26)32/h1-23H. The molecular weight excluding hydrogens is 514 g/mol. The number of hydrogen-bond donors (Lipinski definition) is 0. The lowest BCUT2D eigenvalue weighted by Gasteiger charge is -2.10. The second-order valence-corrected chi connectivity index (χ2v) is 10.2. The Morgan fingerprint density at radius 2 is 0.952 bits per heavy atom. The molecule has 5 heteroatoms. The van der Waals surface area contributed by atoms with Gasteiger partial charge in [0.2, 0.25) is 0 Å². The van der Waals surface area contributed by atoms with Gasteiger partial charge in [-0.15, -0.1) is 0 Å². The molecule has 0 bridgehead atoms. The maximum Gasteiger partial charge on any atom is 0.182 e. The van der Waals surface area contributed by atoms with Crippen LogP contribution in [0.4, 0.5) is 0 Å². The van der Waals surface area contributed by atoms with E-state index in [2.05, 4.69) is 89.9 Å². The van der Waals surface area contributed by atoms with E-state index in [0.29, 0.717) is 23.2 Å². The van der Waals surface area contributed by atoms with E-state index in [1.54, 1.807) is 0 Å². The minimum Gasteiger partial charge on any atom is -0.256 e. The lowest BCUT2D eigenvalue weighted by Crippen LogP contribution is -2.01. The van der Waals surface area contributed by atoms with E-state index in [1.807, 2.05) is 54.9 Å². The third kappa shape index (κ3) is 4.34. The molecule has 0 saturated carbocycles. The highest BCUT2D eigenvalue weighted by Crippen LogP contribution is 2.30. The highest BCUT2D eigenvalue weighted by atomic mass is 15.0. The molecule has 8 rings (SSSR count). The first-order valence-electron chi connectivity index (χ1n) is 13.8. The van der Waals surface area contributed by atoms with Crippen LogP contribution in [0.1, 0.15) is 0 Å². The SMILES string of the molecule is c1ccc2cc(-c3nc(-c4ccc5ccccc5c4)nc(-c4ccc(-c5cccc6cccnc56)cn4)n3)ccc2c1. The van der Waals surface area contributed by atoms with Crippen LogP contribution in [0.25, 0.3) is 77.9 Å². The highest BCUT2D eigenvalue weighted by molar-refractivity contribution is 5.93. The summed E-state index contributed by atoms with van der Waals surface area (Å²) in [5.74, 6) is 1.75. The number of fused-ring (bicyclic) bond motifs is 3. The third-order valence-corrected chi connectivity index (χ3v) is 7.59. The van der Waals surface area contributed by atoms with Crippen LogP contribution in [0, 0.1) is 0 Å². The van der Waals surface area contributed by atoms with Crippen LogP contribution >= 0.6 is 0 Å². The fourth-order valence-electron chi connectivity index (χ4n) is 5.43. The van der Waals surface area contributed by atoms with E-state index in [4.69, 9.17) is 19.9 Å². The first-order valence-corrected chi connectivity index (χ1v) is 13.8. The number of hydrogen-bond acceptors (Lipinski definition) is 5. The summed E-state index contributed by atoms with van der Waals surface area (Å²) in [4.78, 5) is 24.2. The number of benzene rings is 5. The van der Waals surface area contributed by atoms with Gasteiger partial charge in [0.05, 0.1) is 5.52 Å². The van der Waals surface area contributed by atoms with Gasteiger partial charge >= 0.3 is 0 Å². The first-order chi connectivity index (χ1) is 20.8. The average molecular weight is 538 g/mol. The predicted octanol–water partition coefficient (Wildman–Crippen LogP) is 8.79. The van der Waals surface area contributed by atoms with Gasteiger partial charge in [0, 0.05) is 40.0 Å². The van der Waals surface area contributed by atoms with Gasteiger partial charge in [0.15, 0.2) is 17.5 Å². The van der Waals surface area contributed by atoms with Crippen molar-refractivity contribution in [1.29, 1.82) is 0 Å². The smallest absolute Gasteiger partial charge is 0.182 e. The Labute approximate surface area is 242 Å². The van der Waals surface area contributed by atoms with Crippen molar-refractivity contribution in [3.63, 3.8) is 0 Å². The van der Waals surface area contributed by atoms with Gasteiger partial charge in [-0.3, -0.25) is 9.97 Å². The zero-order valence-corrected chi connectivity index (χ0v) is 22.5. The van der Waals surface area contributed by atoms with E-state index < -0.39 is 0 Å². The second-order valence-electron chi connectivity index (χ2n) is 10.2. The molecule has 3 heterocycles. The Balaban J connectivity index is 1.27. The minimum absolute atomic E-state index is 0.527. The van der Waals surface area contributed by atoms with Crippen LogP contribution in [0.3, 0.4) is 0 Å². The molecule has 0 aliphatic carbocycles. The monoisotopic (exact) mass is 537 g/mol. The molecule has 0 amide bonds. The van der Waals surface area contributed by atoms with Crippen molar-refractivity contribution in [1.82, 2.24) is 24.9 Å². The normalized spacial score (nSPS) is 11.3. The molecule has 5 aromatic carbocycles. The number of nitrogens with zero attached hydrogens (tertiary/aromatic N) is 5. The first kappa shape index (κ1) is 24.0. The Morgan fingerprint density at radius 3 is 1.60 bits per heavy atom. The molecule has 0 aliphatic heterocycles. The Morgan fingerprint density at radius 1 is 0.381 bits per heavy atom. The van der Waals surface area contributed by atoms with Gasteiger partial charge in [-0.05, 0) is 45.8 Å². The summed E-state index contributed by atoms with van der Waals surface area (Å²) in [5, 5.41) is 5.71. The summed E-state index contributed by atoms with van der Waals surface area (Å²) in [6.45, 7) is 0. The molecule has 0 unspecified atom stereocenters. The topological polar surface area (TPSA) is 64.5 Å². The molecule has 0 aliphatic rings. The van der Waals surface area contributed by atoms with Crippen LogP contribution in [0.15, 0.2) is 140 Å². The van der Waals surface area contributed by atoms with Crippen LogP contribution in [0.2, 0.25) is 0 Å². The van der Waals surface area contributed by atoms with E-state index in [-0.39, 0.29) is 0 Å². The van der Waals surface area contributed by atoms with Crippen molar-refractivity contribution in [3.05, 3.63) is 140 Å². The molecular formula is C37H23N5. The summed E-state index contributed by atoms with van der Waals surface area (Å²) in [6, 6.07) is 43.4. The zero-order valence-electron chi connectivity index (χ0n) is 22.5. The molecule has 42 heavy (non-hydrogen) atoms. The van der Waals surface area contributed by atoms with E-state index in [0.717, 1.165) is 43.9 Å². The quantitative estimate of drug-likeness (QED) is 0.224. The lowest BCUT2D eigenvalue weighted by molar-refractivity contribution is 1.06. The Bertz CT molecular complexity index is 2150. The van der Waals surface area contributed by atoms with Crippen LogP contribution in [0.5, 0.6) is 0 Å². The molecule has 0 fully saturated rings. The van der Waals surface area contributed by atoms with Crippen molar-refractivity contribution in [2.75, 3.05) is 0 Å². The Hall–Kier alpha value is -5.81. The van der Waals surface area contributed by atoms with Crippen LogP contribution in [-0.2, 0) is 0 Å². The number of pyridine rings is 2. The molecule has 0 N–H and O–H groups in total. The fourth-order valence-corrected chi connectivity index (χ4v) is 5.43. The second kappa shape index (κ2) is 9.98. The Kier molecular flexibility index (Phi) is 5.71. The molecule has 0 radical (unpaired) electrons. The molecule has 8 aromatic rings. The summed E-state index contributed by atoms with van der Waals surface area (Å²) in [6.07, 6.45) is 3.69. The van der Waals surface area contributed by atoms with Gasteiger partial charge in [-0.2, -0.15) is 0 Å². The van der Waals surface area contributed by atoms with Crippen molar-refractivity contribution in [3.8, 4) is 45.4 Å². The van der Waals surface area contributed by atoms with Gasteiger partial charge in [0.1, 0.15) is 5.69 Å². The summed E-state index contributed by atoms with van der Waals surface area (Å²) in [7, 11) is 0. The predicted molar refractivity (Wildman–Crippen MR) is 170 cm³/mol. The van der Waals surface area contributed by atoms with Crippen molar-refractivity contribution in [2.45, 2.75) is 0 Å². The molecule has 196 valence electrons. The average Bonchev–Trinajstić information content (AvgIpc) is 3.07. The summed E-state index contributed by atoms with van der Waals surface area (Å²) < 4.78 is 0. The largest absolute Gasteiger partial charge is 0.256 e. The van der Waals surface area contributed by atoms with Crippen molar-refractivity contribution >= 4 is 32.4 Å². The fraction of sp³-hybridized carbons (Fsp3) is 0. The lowest BCUT2D eigenvalue weighted by atomic mass is 10.0. The van der Waals surface area contributed by atoms with Crippen molar-refractivity contribution < 1.29 is 0 Å². The molecule has 3 aromatic heterocycles. The van der Waals surface area contributed by atoms with Crippen molar-refractivity contribution in [2.24, 2.45) is 0 Å². The number of rotatable bonds is 4. The summed E-state index contributed by atoms with van der Waals surface area (Å²) in [5.41, 5.74) is 5.51. The molecule has 5 nitrogen and oxygen atoms in total. The number of para-hydroxylation sites is 1. The van der Waals surface area contributed by atoms with Gasteiger partial charge in [-0.1, -0.05) is 103 Å². The highest BCUT2D eigenvalue weighted by Gasteiger charge is 2.15. The van der Waals surface area contributed by atoms with E-state index in [9.17, 15) is 0 Å². The van der Waals surface area contributed by atoms with Gasteiger partial charge < -0.3 is 0 Å². The molecule has 0 spiro atoms. The molecule has 0 atom stereocenters. The zero-order chi connectivity index (χ0) is 27.9. The minimum atomic E-state index is 0.527. The molecule has 0 saturated heterocycles. The van der Waals surface area contributed by atoms with Gasteiger partial charge in [-0.25, -0.2) is 15.0 Å². The van der Waals surface area contributed by atoms with Gasteiger partial charge in [0.25, 0.3) is 0 Å². The third-order valence-electron chi connectivity index (χ3n) is 7.59. The van der Waals surface area contributed by atoms with E-state index in [1.165, 1.54) is 10.8 Å².